The number of methoxy groups -OCH3 is 1. The van der Waals surface area contributed by atoms with Gasteiger partial charge in [-0.2, -0.15) is 0 Å². The van der Waals surface area contributed by atoms with Crippen LogP contribution in [0, 0.1) is 10.1 Å². The van der Waals surface area contributed by atoms with Gasteiger partial charge in [0.25, 0.3) is 11.6 Å². The van der Waals surface area contributed by atoms with Gasteiger partial charge in [-0.05, 0) is 25.0 Å². The van der Waals surface area contributed by atoms with Crippen molar-refractivity contribution in [3.8, 4) is 0 Å². The number of carboxylic acids is 1. The van der Waals surface area contributed by atoms with E-state index in [4.69, 9.17) is 9.84 Å². The molecule has 0 aliphatic heterocycles. The summed E-state index contributed by atoms with van der Waals surface area (Å²) in [5, 5.41) is 23.0. The first-order valence-corrected chi connectivity index (χ1v) is 7.98. The largest absolute Gasteiger partial charge is 0.481 e. The maximum absolute atomic E-state index is 12.7. The highest BCUT2D eigenvalue weighted by atomic mass is 16.6. The molecule has 0 saturated heterocycles. The van der Waals surface area contributed by atoms with E-state index >= 15 is 0 Å². The molecule has 0 unspecified atom stereocenters. The van der Waals surface area contributed by atoms with E-state index in [0.29, 0.717) is 18.8 Å². The first-order chi connectivity index (χ1) is 11.9. The molecule has 0 heterocycles. The van der Waals surface area contributed by atoms with Crippen LogP contribution in [0.5, 0.6) is 0 Å². The van der Waals surface area contributed by atoms with Gasteiger partial charge in [0.15, 0.2) is 0 Å². The van der Waals surface area contributed by atoms with Gasteiger partial charge in [-0.25, -0.2) is 0 Å². The lowest BCUT2D eigenvalue weighted by Crippen LogP contribution is -2.35. The summed E-state index contributed by atoms with van der Waals surface area (Å²) in [5.41, 5.74) is 0.291. The van der Waals surface area contributed by atoms with E-state index in [9.17, 15) is 19.7 Å². The first kappa shape index (κ1) is 18.7. The lowest BCUT2D eigenvalue weighted by Gasteiger charge is -2.21. The van der Waals surface area contributed by atoms with Crippen molar-refractivity contribution in [3.05, 3.63) is 33.9 Å². The van der Waals surface area contributed by atoms with Crippen molar-refractivity contribution in [1.29, 1.82) is 0 Å². The number of hydrogen-bond acceptors (Lipinski definition) is 6. The predicted molar refractivity (Wildman–Crippen MR) is 89.8 cm³/mol. The Kier molecular flexibility index (Phi) is 6.29. The molecule has 0 radical (unpaired) electrons. The van der Waals surface area contributed by atoms with Crippen molar-refractivity contribution in [2.45, 2.75) is 25.3 Å². The molecule has 2 rings (SSSR count). The fourth-order valence-electron chi connectivity index (χ4n) is 2.47. The van der Waals surface area contributed by atoms with E-state index < -0.39 is 10.9 Å². The Morgan fingerprint density at radius 3 is 2.72 bits per heavy atom. The number of carbonyl (C=O) groups is 2. The molecule has 0 aromatic heterocycles. The van der Waals surface area contributed by atoms with Crippen molar-refractivity contribution >= 4 is 23.3 Å². The molecular weight excluding hydrogens is 330 g/mol. The zero-order chi connectivity index (χ0) is 18.4. The third-order valence-electron chi connectivity index (χ3n) is 3.88. The molecule has 9 heteroatoms. The number of rotatable bonds is 10. The molecule has 136 valence electrons. The zero-order valence-corrected chi connectivity index (χ0v) is 13.9. The van der Waals surface area contributed by atoms with Crippen molar-refractivity contribution in [2.75, 3.05) is 32.1 Å². The first-order valence-electron chi connectivity index (χ1n) is 7.98. The maximum Gasteiger partial charge on any atom is 0.305 e. The van der Waals surface area contributed by atoms with Crippen LogP contribution < -0.4 is 5.32 Å². The van der Waals surface area contributed by atoms with Gasteiger partial charge < -0.3 is 20.1 Å². The van der Waals surface area contributed by atoms with Crippen LogP contribution in [0.25, 0.3) is 0 Å². The van der Waals surface area contributed by atoms with Crippen LogP contribution in [0.1, 0.15) is 29.6 Å². The van der Waals surface area contributed by atoms with Crippen molar-refractivity contribution in [1.82, 2.24) is 4.90 Å². The van der Waals surface area contributed by atoms with E-state index in [1.54, 1.807) is 0 Å². The average molecular weight is 351 g/mol. The van der Waals surface area contributed by atoms with Crippen LogP contribution in [0.3, 0.4) is 0 Å². The van der Waals surface area contributed by atoms with Crippen LogP contribution in [-0.4, -0.2) is 59.7 Å². The Bertz CT molecular complexity index is 659. The van der Waals surface area contributed by atoms with E-state index in [-0.39, 0.29) is 36.2 Å². The molecular formula is C16H21N3O6. The molecule has 1 aliphatic carbocycles. The molecule has 1 aliphatic rings. The smallest absolute Gasteiger partial charge is 0.305 e. The van der Waals surface area contributed by atoms with Crippen LogP contribution in [0.4, 0.5) is 11.4 Å². The van der Waals surface area contributed by atoms with E-state index in [1.807, 2.05) is 0 Å². The third kappa shape index (κ3) is 5.15. The lowest BCUT2D eigenvalue weighted by atomic mass is 10.1. The standard InChI is InChI=1S/C16H21N3O6/c1-25-9-7-17-13-5-2-11(10-14(13)19(23)24)16(22)18(12-3-4-12)8-6-15(20)21/h2,5,10,12,17H,3-4,6-9H2,1H3,(H,20,21). The summed E-state index contributed by atoms with van der Waals surface area (Å²) < 4.78 is 4.90. The number of hydrogen-bond donors (Lipinski definition) is 2. The normalized spacial score (nSPS) is 13.3. The summed E-state index contributed by atoms with van der Waals surface area (Å²) in [6, 6.07) is 4.25. The number of nitro benzene ring substituents is 1. The Balaban J connectivity index is 2.18. The van der Waals surface area contributed by atoms with Gasteiger partial charge in [0.2, 0.25) is 0 Å². The molecule has 1 saturated carbocycles. The molecule has 0 spiro atoms. The van der Waals surface area contributed by atoms with Crippen LogP contribution in [-0.2, 0) is 9.53 Å². The average Bonchev–Trinajstić information content (AvgIpc) is 3.39. The van der Waals surface area contributed by atoms with Gasteiger partial charge in [0.05, 0.1) is 18.0 Å². The van der Waals surface area contributed by atoms with Gasteiger partial charge in [-0.3, -0.25) is 19.7 Å². The van der Waals surface area contributed by atoms with Crippen LogP contribution >= 0.6 is 0 Å². The third-order valence-corrected chi connectivity index (χ3v) is 3.88. The number of amides is 1. The minimum atomic E-state index is -0.984. The lowest BCUT2D eigenvalue weighted by molar-refractivity contribution is -0.384. The molecule has 0 bridgehead atoms. The predicted octanol–water partition coefficient (Wildman–Crippen LogP) is 1.73. The number of nitrogens with zero attached hydrogens (tertiary/aromatic N) is 2. The number of benzene rings is 1. The van der Waals surface area contributed by atoms with Gasteiger partial charge in [-0.15, -0.1) is 0 Å². The van der Waals surface area contributed by atoms with Gasteiger partial charge in [0.1, 0.15) is 5.69 Å². The molecule has 0 atom stereocenters. The summed E-state index contributed by atoms with van der Waals surface area (Å²) in [5.74, 6) is -1.36. The Morgan fingerprint density at radius 1 is 1.44 bits per heavy atom. The summed E-state index contributed by atoms with van der Waals surface area (Å²) in [4.78, 5) is 35.7. The molecule has 1 amide bonds. The minimum absolute atomic E-state index is 0.0189. The summed E-state index contributed by atoms with van der Waals surface area (Å²) in [6.07, 6.45) is 1.50. The Morgan fingerprint density at radius 2 is 2.16 bits per heavy atom. The van der Waals surface area contributed by atoms with Crippen LogP contribution in [0.15, 0.2) is 18.2 Å². The molecule has 2 N–H and O–H groups in total. The molecule has 1 aromatic rings. The summed E-state index contributed by atoms with van der Waals surface area (Å²) in [7, 11) is 1.53. The fourth-order valence-corrected chi connectivity index (χ4v) is 2.47. The molecule has 1 fully saturated rings. The highest BCUT2D eigenvalue weighted by Gasteiger charge is 2.33. The SMILES string of the molecule is COCCNc1ccc(C(=O)N(CCC(=O)O)C2CC2)cc1[N+](=O)[O-]. The van der Waals surface area contributed by atoms with Crippen LogP contribution in [0.2, 0.25) is 0 Å². The number of carboxylic acid groups (broad SMARTS) is 1. The molecule has 1 aromatic carbocycles. The second-order valence-corrected chi connectivity index (χ2v) is 5.78. The highest BCUT2D eigenvalue weighted by Crippen LogP contribution is 2.31. The number of ether oxygens (including phenoxy) is 1. The second kappa shape index (κ2) is 8.43. The highest BCUT2D eigenvalue weighted by molar-refractivity contribution is 5.96. The minimum Gasteiger partial charge on any atom is -0.481 e. The van der Waals surface area contributed by atoms with Gasteiger partial charge in [0, 0.05) is 37.9 Å². The Labute approximate surface area is 144 Å². The van der Waals surface area contributed by atoms with Gasteiger partial charge >= 0.3 is 5.97 Å². The van der Waals surface area contributed by atoms with E-state index in [1.165, 1.54) is 30.2 Å². The summed E-state index contributed by atoms with van der Waals surface area (Å²) in [6.45, 7) is 0.889. The second-order valence-electron chi connectivity index (χ2n) is 5.78. The topological polar surface area (TPSA) is 122 Å². The summed E-state index contributed by atoms with van der Waals surface area (Å²) >= 11 is 0. The van der Waals surface area contributed by atoms with Crippen molar-refractivity contribution < 1.29 is 24.4 Å². The number of anilines is 1. The number of nitrogens with one attached hydrogen (secondary N) is 1. The Hall–Kier alpha value is -2.68. The number of carbonyl (C=O) groups excluding carboxylic acids is 1. The molecule has 9 nitrogen and oxygen atoms in total. The van der Waals surface area contributed by atoms with E-state index in [2.05, 4.69) is 5.32 Å². The zero-order valence-electron chi connectivity index (χ0n) is 13.9. The van der Waals surface area contributed by atoms with Crippen molar-refractivity contribution in [2.24, 2.45) is 0 Å². The maximum atomic E-state index is 12.7. The fraction of sp³-hybridized carbons (Fsp3) is 0.500. The van der Waals surface area contributed by atoms with E-state index in [0.717, 1.165) is 12.8 Å². The van der Waals surface area contributed by atoms with Gasteiger partial charge in [-0.1, -0.05) is 0 Å². The monoisotopic (exact) mass is 351 g/mol. The molecule has 25 heavy (non-hydrogen) atoms. The van der Waals surface area contributed by atoms with Crippen molar-refractivity contribution in [3.63, 3.8) is 0 Å². The quantitative estimate of drug-likeness (QED) is 0.374. The number of aliphatic carboxylic acids is 1. The number of nitro groups is 1.